The molecular formula is C16H21N3O2. The highest BCUT2D eigenvalue weighted by Gasteiger charge is 2.20. The fourth-order valence-corrected chi connectivity index (χ4v) is 2.32. The molecular weight excluding hydrogens is 266 g/mol. The van der Waals surface area contributed by atoms with Crippen LogP contribution in [0.25, 0.3) is 11.3 Å². The fraction of sp³-hybridized carbons (Fsp3) is 0.438. The average Bonchev–Trinajstić information content (AvgIpc) is 2.91. The van der Waals surface area contributed by atoms with Crippen LogP contribution < -0.4 is 5.32 Å². The molecule has 1 aromatic heterocycles. The van der Waals surface area contributed by atoms with E-state index in [0.29, 0.717) is 11.5 Å². The summed E-state index contributed by atoms with van der Waals surface area (Å²) in [6.45, 7) is 8.01. The van der Waals surface area contributed by atoms with Gasteiger partial charge in [-0.1, -0.05) is 31.5 Å². The van der Waals surface area contributed by atoms with Gasteiger partial charge in [0.05, 0.1) is 0 Å². The van der Waals surface area contributed by atoms with E-state index >= 15 is 0 Å². The second kappa shape index (κ2) is 6.52. The lowest BCUT2D eigenvalue weighted by molar-refractivity contribution is -0.120. The normalized spacial score (nSPS) is 10.9. The van der Waals surface area contributed by atoms with Gasteiger partial charge in [0.15, 0.2) is 5.69 Å². The minimum absolute atomic E-state index is 0.0202. The SMILES string of the molecule is CCC(CC)C(=O)Nc1nonc1-c1cc(C)ccc1C. The number of anilines is 1. The lowest BCUT2D eigenvalue weighted by Crippen LogP contribution is -2.22. The van der Waals surface area contributed by atoms with Crippen molar-refractivity contribution in [3.05, 3.63) is 29.3 Å². The topological polar surface area (TPSA) is 68.0 Å². The number of nitrogens with zero attached hydrogens (tertiary/aromatic N) is 2. The summed E-state index contributed by atoms with van der Waals surface area (Å²) < 4.78 is 4.83. The third-order valence-corrected chi connectivity index (χ3v) is 3.73. The number of benzene rings is 1. The highest BCUT2D eigenvalue weighted by Crippen LogP contribution is 2.28. The fourth-order valence-electron chi connectivity index (χ4n) is 2.32. The lowest BCUT2D eigenvalue weighted by Gasteiger charge is -2.11. The molecule has 0 aliphatic rings. The molecule has 0 atom stereocenters. The van der Waals surface area contributed by atoms with E-state index in [1.165, 1.54) is 0 Å². The van der Waals surface area contributed by atoms with Gasteiger partial charge in [0, 0.05) is 11.5 Å². The van der Waals surface area contributed by atoms with E-state index < -0.39 is 0 Å². The highest BCUT2D eigenvalue weighted by molar-refractivity contribution is 5.94. The van der Waals surface area contributed by atoms with E-state index in [1.807, 2.05) is 45.9 Å². The van der Waals surface area contributed by atoms with Crippen LogP contribution in [-0.4, -0.2) is 16.2 Å². The summed E-state index contributed by atoms with van der Waals surface area (Å²) in [5.41, 5.74) is 3.69. The number of hydrogen-bond acceptors (Lipinski definition) is 4. The van der Waals surface area contributed by atoms with E-state index in [4.69, 9.17) is 4.63 Å². The number of nitrogens with one attached hydrogen (secondary N) is 1. The van der Waals surface area contributed by atoms with Crippen LogP contribution in [0.15, 0.2) is 22.8 Å². The second-order valence-electron chi connectivity index (χ2n) is 5.28. The Morgan fingerprint density at radius 2 is 1.95 bits per heavy atom. The largest absolute Gasteiger partial charge is 0.306 e. The molecule has 1 amide bonds. The van der Waals surface area contributed by atoms with Gasteiger partial charge in [0.25, 0.3) is 0 Å². The van der Waals surface area contributed by atoms with Crippen LogP contribution in [0.2, 0.25) is 0 Å². The molecule has 0 bridgehead atoms. The molecule has 112 valence electrons. The van der Waals surface area contributed by atoms with Crippen molar-refractivity contribution in [3.63, 3.8) is 0 Å². The second-order valence-corrected chi connectivity index (χ2v) is 5.28. The minimum Gasteiger partial charge on any atom is -0.306 e. The Kier molecular flexibility index (Phi) is 4.73. The predicted octanol–water partition coefficient (Wildman–Crippen LogP) is 3.73. The Hall–Kier alpha value is -2.17. The summed E-state index contributed by atoms with van der Waals surface area (Å²) in [5, 5.41) is 10.6. The summed E-state index contributed by atoms with van der Waals surface area (Å²) in [4.78, 5) is 12.2. The van der Waals surface area contributed by atoms with E-state index in [0.717, 1.165) is 29.5 Å². The molecule has 0 saturated heterocycles. The number of carbonyl (C=O) groups excluding carboxylic acids is 1. The zero-order chi connectivity index (χ0) is 15.4. The maximum Gasteiger partial charge on any atom is 0.228 e. The predicted molar refractivity (Wildman–Crippen MR) is 81.9 cm³/mol. The summed E-state index contributed by atoms with van der Waals surface area (Å²) in [6.07, 6.45) is 1.60. The number of carbonyl (C=O) groups is 1. The third kappa shape index (κ3) is 3.29. The molecule has 0 saturated carbocycles. The number of hydrogen-bond donors (Lipinski definition) is 1. The van der Waals surface area contributed by atoms with Gasteiger partial charge >= 0.3 is 0 Å². The van der Waals surface area contributed by atoms with Crippen LogP contribution in [0.5, 0.6) is 0 Å². The van der Waals surface area contributed by atoms with Crippen molar-refractivity contribution in [3.8, 4) is 11.3 Å². The summed E-state index contributed by atoms with van der Waals surface area (Å²) >= 11 is 0. The molecule has 2 rings (SSSR count). The maximum absolute atomic E-state index is 12.2. The minimum atomic E-state index is -0.0396. The van der Waals surface area contributed by atoms with Crippen molar-refractivity contribution < 1.29 is 9.42 Å². The van der Waals surface area contributed by atoms with Crippen LogP contribution in [0, 0.1) is 19.8 Å². The zero-order valence-corrected chi connectivity index (χ0v) is 12.9. The van der Waals surface area contributed by atoms with Crippen molar-refractivity contribution in [2.24, 2.45) is 5.92 Å². The first-order valence-electron chi connectivity index (χ1n) is 7.27. The van der Waals surface area contributed by atoms with Gasteiger partial charge in [0.2, 0.25) is 11.7 Å². The number of aromatic nitrogens is 2. The number of aryl methyl sites for hydroxylation is 2. The molecule has 0 aliphatic carbocycles. The maximum atomic E-state index is 12.2. The highest BCUT2D eigenvalue weighted by atomic mass is 16.6. The molecule has 5 nitrogen and oxygen atoms in total. The smallest absolute Gasteiger partial charge is 0.228 e. The molecule has 0 fully saturated rings. The Morgan fingerprint density at radius 3 is 2.62 bits per heavy atom. The molecule has 0 unspecified atom stereocenters. The van der Waals surface area contributed by atoms with Gasteiger partial charge in [0.1, 0.15) is 0 Å². The van der Waals surface area contributed by atoms with Crippen LogP contribution in [0.1, 0.15) is 37.8 Å². The van der Waals surface area contributed by atoms with Crippen molar-refractivity contribution in [1.82, 2.24) is 10.3 Å². The Balaban J connectivity index is 2.31. The summed E-state index contributed by atoms with van der Waals surface area (Å²) in [5.74, 6) is 0.330. The van der Waals surface area contributed by atoms with Crippen LogP contribution in [-0.2, 0) is 4.79 Å². The first-order valence-corrected chi connectivity index (χ1v) is 7.27. The Labute approximate surface area is 124 Å². The summed E-state index contributed by atoms with van der Waals surface area (Å²) in [7, 11) is 0. The van der Waals surface area contributed by atoms with Crippen LogP contribution in [0.4, 0.5) is 5.82 Å². The van der Waals surface area contributed by atoms with Crippen LogP contribution in [0.3, 0.4) is 0 Å². The van der Waals surface area contributed by atoms with Crippen molar-refractivity contribution in [2.45, 2.75) is 40.5 Å². The van der Waals surface area contributed by atoms with Crippen molar-refractivity contribution >= 4 is 11.7 Å². The zero-order valence-electron chi connectivity index (χ0n) is 12.9. The van der Waals surface area contributed by atoms with Gasteiger partial charge in [-0.15, -0.1) is 0 Å². The first kappa shape index (κ1) is 15.2. The quantitative estimate of drug-likeness (QED) is 0.909. The average molecular weight is 287 g/mol. The van der Waals surface area contributed by atoms with E-state index in [2.05, 4.69) is 15.6 Å². The molecule has 0 spiro atoms. The van der Waals surface area contributed by atoms with Gasteiger partial charge in [-0.25, -0.2) is 4.63 Å². The van der Waals surface area contributed by atoms with E-state index in [1.54, 1.807) is 0 Å². The van der Waals surface area contributed by atoms with Gasteiger partial charge in [-0.3, -0.25) is 4.79 Å². The molecule has 1 N–H and O–H groups in total. The molecule has 1 heterocycles. The monoisotopic (exact) mass is 287 g/mol. The van der Waals surface area contributed by atoms with Crippen LogP contribution >= 0.6 is 0 Å². The Morgan fingerprint density at radius 1 is 1.24 bits per heavy atom. The Bertz CT molecular complexity index is 630. The van der Waals surface area contributed by atoms with Crippen molar-refractivity contribution in [1.29, 1.82) is 0 Å². The third-order valence-electron chi connectivity index (χ3n) is 3.73. The van der Waals surface area contributed by atoms with Gasteiger partial charge < -0.3 is 5.32 Å². The lowest BCUT2D eigenvalue weighted by atomic mass is 10.0. The molecule has 0 radical (unpaired) electrons. The standard InChI is InChI=1S/C16H21N3O2/c1-5-12(6-2)16(20)17-15-14(18-21-19-15)13-9-10(3)7-8-11(13)4/h7-9,12H,5-6H2,1-4H3,(H,17,19,20). The first-order chi connectivity index (χ1) is 10.1. The van der Waals surface area contributed by atoms with E-state index in [9.17, 15) is 4.79 Å². The molecule has 21 heavy (non-hydrogen) atoms. The molecule has 1 aromatic carbocycles. The molecule has 5 heteroatoms. The van der Waals surface area contributed by atoms with Gasteiger partial charge in [-0.2, -0.15) is 0 Å². The number of rotatable bonds is 5. The van der Waals surface area contributed by atoms with Crippen molar-refractivity contribution in [2.75, 3.05) is 5.32 Å². The molecule has 2 aromatic rings. The summed E-state index contributed by atoms with van der Waals surface area (Å²) in [6, 6.07) is 6.07. The van der Waals surface area contributed by atoms with Gasteiger partial charge in [-0.05, 0) is 48.6 Å². The van der Waals surface area contributed by atoms with E-state index in [-0.39, 0.29) is 11.8 Å². The molecule has 0 aliphatic heterocycles. The number of amides is 1.